The lowest BCUT2D eigenvalue weighted by Crippen LogP contribution is -2.11. The Morgan fingerprint density at radius 2 is 1.85 bits per heavy atom. The summed E-state index contributed by atoms with van der Waals surface area (Å²) in [5.74, 6) is -0.728. The van der Waals surface area contributed by atoms with Gasteiger partial charge >= 0.3 is 5.97 Å². The van der Waals surface area contributed by atoms with Crippen molar-refractivity contribution in [2.45, 2.75) is 34.6 Å². The smallest absolute Gasteiger partial charge is 0.343 e. The molecule has 0 atom stereocenters. The van der Waals surface area contributed by atoms with Crippen molar-refractivity contribution < 1.29 is 14.6 Å². The van der Waals surface area contributed by atoms with Gasteiger partial charge in [0.15, 0.2) is 5.76 Å². The van der Waals surface area contributed by atoms with E-state index < -0.39 is 5.97 Å². The predicted molar refractivity (Wildman–Crippen MR) is 107 cm³/mol. The molecule has 1 aliphatic rings. The van der Waals surface area contributed by atoms with Gasteiger partial charge in [-0.05, 0) is 69.5 Å². The maximum Gasteiger partial charge on any atom is 0.343 e. The van der Waals surface area contributed by atoms with Crippen LogP contribution in [0.25, 0.3) is 11.8 Å². The molecule has 0 radical (unpaired) electrons. The number of aromatic nitrogens is 1. The molecular weight excluding hydrogens is 340 g/mol. The van der Waals surface area contributed by atoms with Crippen LogP contribution in [0.15, 0.2) is 46.3 Å². The van der Waals surface area contributed by atoms with Crippen molar-refractivity contribution in [3.05, 3.63) is 69.4 Å². The van der Waals surface area contributed by atoms with E-state index in [0.717, 1.165) is 22.6 Å². The molecule has 1 aliphatic heterocycles. The van der Waals surface area contributed by atoms with Crippen LogP contribution in [0.5, 0.6) is 0 Å². The van der Waals surface area contributed by atoms with Crippen LogP contribution < -0.4 is 0 Å². The Kier molecular flexibility index (Phi) is 4.79. The molecule has 2 heterocycles. The number of aryl methyl sites for hydroxylation is 3. The van der Waals surface area contributed by atoms with Crippen molar-refractivity contribution in [3.8, 4) is 5.69 Å². The summed E-state index contributed by atoms with van der Waals surface area (Å²) in [5.41, 5.74) is 7.53. The third-order valence-corrected chi connectivity index (χ3v) is 4.89. The third kappa shape index (κ3) is 3.21. The van der Waals surface area contributed by atoms with E-state index in [1.165, 1.54) is 18.2 Å². The first-order chi connectivity index (χ1) is 12.7. The minimum atomic E-state index is -0.585. The van der Waals surface area contributed by atoms with Crippen LogP contribution in [-0.2, 0) is 9.53 Å². The lowest BCUT2D eigenvalue weighted by atomic mass is 10.1. The third-order valence-electron chi connectivity index (χ3n) is 4.89. The number of nitrogens with zero attached hydrogens (tertiary/aromatic N) is 2. The van der Waals surface area contributed by atoms with E-state index in [2.05, 4.69) is 54.6 Å². The Morgan fingerprint density at radius 3 is 2.52 bits per heavy atom. The minimum Gasteiger partial charge on any atom is -0.505 e. The first kappa shape index (κ1) is 18.7. The van der Waals surface area contributed by atoms with Crippen LogP contribution in [0.1, 0.15) is 35.0 Å². The highest BCUT2D eigenvalue weighted by molar-refractivity contribution is 6.22. The number of aliphatic imine (C=N–C) groups is 1. The standard InChI is InChI=1S/C22H24N2O3/c1-12-7-8-13(2)19(9-12)24-14(3)10-17(16(24)5)11-18-21(25)20(15(4)23-18)22(26)27-6/h7-11,25H,1-6H3/b18-11+. The van der Waals surface area contributed by atoms with Gasteiger partial charge in [-0.25, -0.2) is 9.79 Å². The highest BCUT2D eigenvalue weighted by Crippen LogP contribution is 2.30. The molecule has 0 saturated carbocycles. The number of carbonyl (C=O) groups is 1. The summed E-state index contributed by atoms with van der Waals surface area (Å²) in [5, 5.41) is 10.4. The van der Waals surface area contributed by atoms with E-state index in [-0.39, 0.29) is 11.3 Å². The average Bonchev–Trinajstić information content (AvgIpc) is 3.05. The van der Waals surface area contributed by atoms with Crippen molar-refractivity contribution in [3.63, 3.8) is 0 Å². The van der Waals surface area contributed by atoms with Crippen molar-refractivity contribution >= 4 is 17.8 Å². The highest BCUT2D eigenvalue weighted by atomic mass is 16.5. The molecule has 0 fully saturated rings. The van der Waals surface area contributed by atoms with Gasteiger partial charge in [-0.1, -0.05) is 12.1 Å². The molecular formula is C22H24N2O3. The van der Waals surface area contributed by atoms with Crippen molar-refractivity contribution in [1.82, 2.24) is 4.57 Å². The zero-order valence-corrected chi connectivity index (χ0v) is 16.5. The summed E-state index contributed by atoms with van der Waals surface area (Å²) in [6, 6.07) is 8.43. The summed E-state index contributed by atoms with van der Waals surface area (Å²) in [6.07, 6.45) is 1.80. The van der Waals surface area contributed by atoms with E-state index in [9.17, 15) is 9.90 Å². The Morgan fingerprint density at radius 1 is 1.15 bits per heavy atom. The topological polar surface area (TPSA) is 63.8 Å². The number of carbonyl (C=O) groups excluding carboxylic acids is 1. The molecule has 0 aliphatic carbocycles. The van der Waals surface area contributed by atoms with Crippen LogP contribution in [0.3, 0.4) is 0 Å². The average molecular weight is 364 g/mol. The number of hydrogen-bond acceptors (Lipinski definition) is 4. The zero-order valence-electron chi connectivity index (χ0n) is 16.5. The summed E-state index contributed by atoms with van der Waals surface area (Å²) < 4.78 is 6.93. The van der Waals surface area contributed by atoms with Gasteiger partial charge < -0.3 is 14.4 Å². The molecule has 0 spiro atoms. The molecule has 1 aromatic carbocycles. The maximum absolute atomic E-state index is 11.9. The molecule has 2 aromatic rings. The lowest BCUT2D eigenvalue weighted by Gasteiger charge is -2.13. The minimum absolute atomic E-state index is 0.118. The van der Waals surface area contributed by atoms with Crippen molar-refractivity contribution in [1.29, 1.82) is 0 Å². The van der Waals surface area contributed by atoms with Crippen LogP contribution >= 0.6 is 0 Å². The Labute approximate surface area is 159 Å². The number of methoxy groups -OCH3 is 1. The second kappa shape index (κ2) is 6.91. The molecule has 140 valence electrons. The molecule has 0 amide bonds. The molecule has 0 bridgehead atoms. The van der Waals surface area contributed by atoms with Gasteiger partial charge in [-0.2, -0.15) is 0 Å². The first-order valence-corrected chi connectivity index (χ1v) is 8.80. The van der Waals surface area contributed by atoms with Crippen LogP contribution in [0.2, 0.25) is 0 Å². The summed E-state index contributed by atoms with van der Waals surface area (Å²) in [6.45, 7) is 9.94. The number of esters is 1. The number of rotatable bonds is 3. The van der Waals surface area contributed by atoms with Crippen LogP contribution in [0.4, 0.5) is 0 Å². The molecule has 5 nitrogen and oxygen atoms in total. The van der Waals surface area contributed by atoms with E-state index in [4.69, 9.17) is 4.74 Å². The Balaban J connectivity index is 2.11. The second-order valence-corrected chi connectivity index (χ2v) is 6.89. The quantitative estimate of drug-likeness (QED) is 0.815. The fourth-order valence-corrected chi connectivity index (χ4v) is 3.45. The van der Waals surface area contributed by atoms with Gasteiger partial charge in [0.1, 0.15) is 11.3 Å². The summed E-state index contributed by atoms with van der Waals surface area (Å²) in [4.78, 5) is 16.2. The van der Waals surface area contributed by atoms with Crippen LogP contribution in [0, 0.1) is 27.7 Å². The molecule has 27 heavy (non-hydrogen) atoms. The fourth-order valence-electron chi connectivity index (χ4n) is 3.45. The predicted octanol–water partition coefficient (Wildman–Crippen LogP) is 4.51. The zero-order chi connectivity index (χ0) is 19.9. The molecule has 3 rings (SSSR count). The van der Waals surface area contributed by atoms with Crippen molar-refractivity contribution in [2.75, 3.05) is 7.11 Å². The molecule has 0 unspecified atom stereocenters. The molecule has 0 saturated heterocycles. The van der Waals surface area contributed by atoms with Gasteiger partial charge in [0, 0.05) is 17.1 Å². The lowest BCUT2D eigenvalue weighted by molar-refractivity contribution is -0.135. The Hall–Kier alpha value is -3.08. The Bertz CT molecular complexity index is 1040. The molecule has 5 heteroatoms. The maximum atomic E-state index is 11.9. The first-order valence-electron chi connectivity index (χ1n) is 8.80. The fraction of sp³-hybridized carbons (Fsp3) is 0.273. The van der Waals surface area contributed by atoms with Gasteiger partial charge in [0.05, 0.1) is 12.8 Å². The number of ether oxygens (including phenoxy) is 1. The monoisotopic (exact) mass is 364 g/mol. The summed E-state index contributed by atoms with van der Waals surface area (Å²) >= 11 is 0. The number of aliphatic hydroxyl groups is 1. The van der Waals surface area contributed by atoms with Crippen LogP contribution in [-0.4, -0.2) is 28.5 Å². The van der Waals surface area contributed by atoms with Gasteiger partial charge in [-0.3, -0.25) is 0 Å². The van der Waals surface area contributed by atoms with E-state index >= 15 is 0 Å². The number of benzene rings is 1. The summed E-state index contributed by atoms with van der Waals surface area (Å²) in [7, 11) is 1.29. The van der Waals surface area contributed by atoms with Crippen molar-refractivity contribution in [2.24, 2.45) is 4.99 Å². The highest BCUT2D eigenvalue weighted by Gasteiger charge is 2.27. The number of hydrogen-bond donors (Lipinski definition) is 1. The van der Waals surface area contributed by atoms with E-state index in [0.29, 0.717) is 11.4 Å². The normalized spacial score (nSPS) is 15.5. The largest absolute Gasteiger partial charge is 0.505 e. The second-order valence-electron chi connectivity index (χ2n) is 6.89. The number of aliphatic hydroxyl groups excluding tert-OH is 1. The van der Waals surface area contributed by atoms with Gasteiger partial charge in [0.2, 0.25) is 0 Å². The van der Waals surface area contributed by atoms with Gasteiger partial charge in [0.25, 0.3) is 0 Å². The molecule has 1 N–H and O–H groups in total. The van der Waals surface area contributed by atoms with Gasteiger partial charge in [-0.15, -0.1) is 0 Å². The molecule has 1 aromatic heterocycles. The van der Waals surface area contributed by atoms with E-state index in [1.54, 1.807) is 13.0 Å². The van der Waals surface area contributed by atoms with E-state index in [1.807, 2.05) is 6.92 Å². The SMILES string of the molecule is COC(=O)C1=C(O)/C(=C\c2cc(C)n(-c3cc(C)ccc3C)c2C)N=C1C.